The van der Waals surface area contributed by atoms with Crippen molar-refractivity contribution in [1.82, 2.24) is 4.98 Å². The summed E-state index contributed by atoms with van der Waals surface area (Å²) >= 11 is 1.63. The summed E-state index contributed by atoms with van der Waals surface area (Å²) in [5, 5.41) is 4.02. The third kappa shape index (κ3) is 4.25. The minimum atomic E-state index is -0.246. The van der Waals surface area contributed by atoms with Gasteiger partial charge in [-0.15, -0.1) is 11.3 Å². The molecule has 0 aliphatic carbocycles. The van der Waals surface area contributed by atoms with E-state index in [9.17, 15) is 9.59 Å². The van der Waals surface area contributed by atoms with Gasteiger partial charge in [0.25, 0.3) is 5.91 Å². The van der Waals surface area contributed by atoms with E-state index in [1.807, 2.05) is 57.2 Å². The maximum atomic E-state index is 13.0. The molecule has 1 N–H and O–H groups in total. The molecule has 1 aliphatic heterocycles. The van der Waals surface area contributed by atoms with E-state index in [1.165, 1.54) is 4.90 Å². The van der Waals surface area contributed by atoms with E-state index in [1.54, 1.807) is 11.3 Å². The van der Waals surface area contributed by atoms with Crippen LogP contribution in [0.4, 0.5) is 11.4 Å². The van der Waals surface area contributed by atoms with Crippen molar-refractivity contribution in [3.63, 3.8) is 0 Å². The summed E-state index contributed by atoms with van der Waals surface area (Å²) in [6, 6.07) is 11.7. The number of amides is 2. The summed E-state index contributed by atoms with van der Waals surface area (Å²) in [6.45, 7) is 9.99. The van der Waals surface area contributed by atoms with E-state index >= 15 is 0 Å². The normalized spacial score (nSPS) is 13.2. The lowest BCUT2D eigenvalue weighted by Gasteiger charge is -2.29. The van der Waals surface area contributed by atoms with Gasteiger partial charge >= 0.3 is 0 Å². The van der Waals surface area contributed by atoms with Crippen LogP contribution in [0.1, 0.15) is 40.8 Å². The number of rotatable bonds is 5. The third-order valence-electron chi connectivity index (χ3n) is 5.57. The number of thiazole rings is 1. The van der Waals surface area contributed by atoms with Crippen LogP contribution in [-0.2, 0) is 9.59 Å². The van der Waals surface area contributed by atoms with Gasteiger partial charge in [-0.25, -0.2) is 4.98 Å². The van der Waals surface area contributed by atoms with E-state index < -0.39 is 0 Å². The number of para-hydroxylation sites is 1. The lowest BCUT2D eigenvalue weighted by molar-refractivity contribution is -0.123. The summed E-state index contributed by atoms with van der Waals surface area (Å²) < 4.78 is 5.62. The summed E-state index contributed by atoms with van der Waals surface area (Å²) in [7, 11) is 0. The number of hydrogen-bond donors (Lipinski definition) is 1. The highest BCUT2D eigenvalue weighted by atomic mass is 32.1. The molecule has 3 aromatic rings. The van der Waals surface area contributed by atoms with Crippen molar-refractivity contribution in [2.75, 3.05) is 23.4 Å². The average Bonchev–Trinajstić information content (AvgIpc) is 3.09. The molecule has 0 fully saturated rings. The highest BCUT2D eigenvalue weighted by Gasteiger charge is 2.28. The van der Waals surface area contributed by atoms with Crippen molar-refractivity contribution >= 4 is 34.5 Å². The van der Waals surface area contributed by atoms with Crippen molar-refractivity contribution in [3.05, 3.63) is 57.4 Å². The smallest absolute Gasteiger partial charge is 0.265 e. The lowest BCUT2D eigenvalue weighted by atomic mass is 9.98. The summed E-state index contributed by atoms with van der Waals surface area (Å²) in [6.07, 6.45) is 0. The lowest BCUT2D eigenvalue weighted by Crippen LogP contribution is -2.43. The summed E-state index contributed by atoms with van der Waals surface area (Å²) in [4.78, 5) is 33.0. The maximum absolute atomic E-state index is 13.0. The van der Waals surface area contributed by atoms with Crippen molar-refractivity contribution < 1.29 is 14.3 Å². The van der Waals surface area contributed by atoms with Crippen molar-refractivity contribution in [1.29, 1.82) is 0 Å². The first-order valence-corrected chi connectivity index (χ1v) is 11.5. The quantitative estimate of drug-likeness (QED) is 0.579. The molecule has 4 rings (SSSR count). The standard InChI is InChI=1S/C25H27N3O3S/c1-14(2)19-8-6-7-15(3)24(19)27-22(29)12-28-20-11-18(25-16(4)32-17(5)26-25)9-10-21(20)31-13-23(28)30/h6-11,14H,12-13H2,1-5H3,(H,27,29). The molecule has 0 saturated heterocycles. The van der Waals surface area contributed by atoms with Crippen molar-refractivity contribution in [2.45, 2.75) is 40.5 Å². The van der Waals surface area contributed by atoms with Crippen LogP contribution in [-0.4, -0.2) is 29.9 Å². The highest BCUT2D eigenvalue weighted by Crippen LogP contribution is 2.37. The van der Waals surface area contributed by atoms with Crippen molar-refractivity contribution in [2.24, 2.45) is 0 Å². The van der Waals surface area contributed by atoms with Crippen LogP contribution in [0.5, 0.6) is 5.75 Å². The Morgan fingerprint density at radius 3 is 2.69 bits per heavy atom. The van der Waals surface area contributed by atoms with Crippen LogP contribution < -0.4 is 15.0 Å². The minimum Gasteiger partial charge on any atom is -0.482 e. The Balaban J connectivity index is 1.63. The van der Waals surface area contributed by atoms with Gasteiger partial charge in [0.1, 0.15) is 12.3 Å². The zero-order valence-electron chi connectivity index (χ0n) is 19.0. The summed E-state index contributed by atoms with van der Waals surface area (Å²) in [5.41, 5.74) is 5.26. The third-order valence-corrected chi connectivity index (χ3v) is 6.46. The van der Waals surface area contributed by atoms with Gasteiger partial charge in [0.2, 0.25) is 5.91 Å². The molecule has 1 aromatic heterocycles. The Labute approximate surface area is 192 Å². The number of benzene rings is 2. The molecule has 0 unspecified atom stereocenters. The molecule has 2 aromatic carbocycles. The molecule has 2 amide bonds. The van der Waals surface area contributed by atoms with Gasteiger partial charge in [-0.3, -0.25) is 14.5 Å². The first-order chi connectivity index (χ1) is 15.2. The van der Waals surface area contributed by atoms with E-state index in [0.29, 0.717) is 11.4 Å². The van der Waals surface area contributed by atoms with Gasteiger partial charge in [0, 0.05) is 16.1 Å². The monoisotopic (exact) mass is 449 g/mol. The Kier molecular flexibility index (Phi) is 6.02. The number of anilines is 2. The predicted molar refractivity (Wildman–Crippen MR) is 129 cm³/mol. The highest BCUT2D eigenvalue weighted by molar-refractivity contribution is 7.11. The minimum absolute atomic E-state index is 0.0837. The topological polar surface area (TPSA) is 71.5 Å². The summed E-state index contributed by atoms with van der Waals surface area (Å²) in [5.74, 6) is 0.367. The van der Waals surface area contributed by atoms with Gasteiger partial charge in [0.05, 0.1) is 16.4 Å². The van der Waals surface area contributed by atoms with E-state index in [4.69, 9.17) is 4.74 Å². The van der Waals surface area contributed by atoms with Crippen LogP contribution in [0.3, 0.4) is 0 Å². The Hall–Kier alpha value is -3.19. The Bertz CT molecular complexity index is 1200. The maximum Gasteiger partial charge on any atom is 0.265 e. The number of ether oxygens (including phenoxy) is 1. The molecule has 7 heteroatoms. The molecule has 0 spiro atoms. The number of aromatic nitrogens is 1. The predicted octanol–water partition coefficient (Wildman–Crippen LogP) is 5.22. The number of aryl methyl sites for hydroxylation is 3. The fourth-order valence-corrected chi connectivity index (χ4v) is 4.82. The number of hydrogen-bond acceptors (Lipinski definition) is 5. The molecule has 0 atom stereocenters. The van der Waals surface area contributed by atoms with E-state index in [-0.39, 0.29) is 30.9 Å². The van der Waals surface area contributed by atoms with Crippen LogP contribution in [0, 0.1) is 20.8 Å². The zero-order valence-corrected chi connectivity index (χ0v) is 19.8. The number of carbonyl (C=O) groups is 2. The van der Waals surface area contributed by atoms with Crippen LogP contribution in [0.2, 0.25) is 0 Å². The van der Waals surface area contributed by atoms with Crippen LogP contribution in [0.15, 0.2) is 36.4 Å². The number of nitrogens with zero attached hydrogens (tertiary/aromatic N) is 2. The molecule has 0 radical (unpaired) electrons. The first-order valence-electron chi connectivity index (χ1n) is 10.7. The van der Waals surface area contributed by atoms with Crippen LogP contribution in [0.25, 0.3) is 11.3 Å². The molecule has 32 heavy (non-hydrogen) atoms. The zero-order chi connectivity index (χ0) is 23.0. The SMILES string of the molecule is Cc1nc(-c2ccc3c(c2)N(CC(=O)Nc2c(C)cccc2C(C)C)C(=O)CO3)c(C)s1. The fourth-order valence-electron chi connectivity index (χ4n) is 3.98. The second-order valence-electron chi connectivity index (χ2n) is 8.33. The largest absolute Gasteiger partial charge is 0.482 e. The fraction of sp³-hybridized carbons (Fsp3) is 0.320. The number of carbonyl (C=O) groups excluding carboxylic acids is 2. The van der Waals surface area contributed by atoms with Gasteiger partial charge in [0.15, 0.2) is 6.61 Å². The van der Waals surface area contributed by atoms with E-state index in [0.717, 1.165) is 38.0 Å². The van der Waals surface area contributed by atoms with Crippen molar-refractivity contribution in [3.8, 4) is 17.0 Å². The van der Waals surface area contributed by atoms with Gasteiger partial charge in [-0.1, -0.05) is 32.0 Å². The molecular weight excluding hydrogens is 422 g/mol. The average molecular weight is 450 g/mol. The second-order valence-corrected chi connectivity index (χ2v) is 9.74. The van der Waals surface area contributed by atoms with E-state index in [2.05, 4.69) is 24.1 Å². The number of nitrogens with one attached hydrogen (secondary N) is 1. The first kappa shape index (κ1) is 22.0. The molecule has 0 bridgehead atoms. The Morgan fingerprint density at radius 1 is 1.22 bits per heavy atom. The molecule has 2 heterocycles. The van der Waals surface area contributed by atoms with Gasteiger partial charge in [-0.05, 0) is 56.0 Å². The van der Waals surface area contributed by atoms with Crippen LogP contribution >= 0.6 is 11.3 Å². The molecule has 1 aliphatic rings. The van der Waals surface area contributed by atoms with Gasteiger partial charge < -0.3 is 10.1 Å². The van der Waals surface area contributed by atoms with Gasteiger partial charge in [-0.2, -0.15) is 0 Å². The molecule has 6 nitrogen and oxygen atoms in total. The molecular formula is C25H27N3O3S. The second kappa shape index (κ2) is 8.74. The molecule has 166 valence electrons. The number of fused-ring (bicyclic) bond motifs is 1. The Morgan fingerprint density at radius 2 is 2.00 bits per heavy atom. The molecule has 0 saturated carbocycles.